The van der Waals surface area contributed by atoms with Crippen molar-refractivity contribution < 1.29 is 19.1 Å². The van der Waals surface area contributed by atoms with Crippen molar-refractivity contribution in [2.24, 2.45) is 0 Å². The Morgan fingerprint density at radius 2 is 1.76 bits per heavy atom. The third-order valence-corrected chi connectivity index (χ3v) is 2.02. The maximum atomic E-state index is 11.7. The second-order valence-corrected chi connectivity index (χ2v) is 3.67. The fourth-order valence-electron chi connectivity index (χ4n) is 1.17. The van der Waals surface area contributed by atoms with Crippen LogP contribution in [0.3, 0.4) is 0 Å². The molecule has 1 rings (SSSR count). The molecule has 17 heavy (non-hydrogen) atoms. The number of carbonyl (C=O) groups excluding carboxylic acids is 2. The summed E-state index contributed by atoms with van der Waals surface area (Å²) in [7, 11) is 1.24. The van der Waals surface area contributed by atoms with Gasteiger partial charge in [-0.15, -0.1) is 0 Å². The van der Waals surface area contributed by atoms with Gasteiger partial charge in [-0.25, -0.2) is 9.59 Å². The maximum absolute atomic E-state index is 11.7. The number of methoxy groups -OCH3 is 1. The number of rotatable bonds is 4. The number of benzene rings is 1. The number of halogens is 1. The van der Waals surface area contributed by atoms with Gasteiger partial charge < -0.3 is 9.47 Å². The minimum atomic E-state index is -0.646. The normalized spacial score (nSPS) is 9.53. The molecule has 0 saturated heterocycles. The summed E-state index contributed by atoms with van der Waals surface area (Å²) in [6.45, 7) is 3.29. The standard InChI is InChI=1S/C12H11ClO4/c1-8(13)7-17-12(15)10-6-4-3-5-9(10)11(14)16-2/h3-6H,1,7H2,2H3. The van der Waals surface area contributed by atoms with E-state index < -0.39 is 11.9 Å². The van der Waals surface area contributed by atoms with Crippen LogP contribution in [-0.4, -0.2) is 25.7 Å². The molecule has 0 heterocycles. The molecule has 0 atom stereocenters. The molecule has 4 nitrogen and oxygen atoms in total. The maximum Gasteiger partial charge on any atom is 0.339 e. The summed E-state index contributed by atoms with van der Waals surface area (Å²) >= 11 is 5.48. The summed E-state index contributed by atoms with van der Waals surface area (Å²) in [5, 5.41) is 0.203. The third kappa shape index (κ3) is 3.60. The molecule has 0 N–H and O–H groups in total. The van der Waals surface area contributed by atoms with Crippen molar-refractivity contribution in [3.05, 3.63) is 47.0 Å². The highest BCUT2D eigenvalue weighted by Crippen LogP contribution is 2.12. The Labute approximate surface area is 104 Å². The number of hydrogen-bond donors (Lipinski definition) is 0. The first-order valence-electron chi connectivity index (χ1n) is 4.74. The van der Waals surface area contributed by atoms with Crippen molar-refractivity contribution in [3.63, 3.8) is 0 Å². The molecule has 1 aromatic rings. The van der Waals surface area contributed by atoms with E-state index >= 15 is 0 Å². The van der Waals surface area contributed by atoms with Crippen LogP contribution < -0.4 is 0 Å². The van der Waals surface area contributed by atoms with Crippen LogP contribution in [0.15, 0.2) is 35.9 Å². The Kier molecular flexibility index (Phi) is 4.72. The van der Waals surface area contributed by atoms with Gasteiger partial charge in [0.15, 0.2) is 0 Å². The van der Waals surface area contributed by atoms with E-state index in [1.165, 1.54) is 19.2 Å². The lowest BCUT2D eigenvalue weighted by Gasteiger charge is -2.07. The average Bonchev–Trinajstić information content (AvgIpc) is 2.34. The summed E-state index contributed by atoms with van der Waals surface area (Å²) < 4.78 is 9.41. The second-order valence-electron chi connectivity index (χ2n) is 3.13. The molecule has 0 aliphatic heterocycles. The zero-order valence-electron chi connectivity index (χ0n) is 9.23. The zero-order chi connectivity index (χ0) is 12.8. The largest absolute Gasteiger partial charge is 0.465 e. The lowest BCUT2D eigenvalue weighted by Crippen LogP contribution is -2.13. The molecule has 0 aliphatic carbocycles. The van der Waals surface area contributed by atoms with E-state index in [4.69, 9.17) is 16.3 Å². The molecular weight excluding hydrogens is 244 g/mol. The topological polar surface area (TPSA) is 52.6 Å². The van der Waals surface area contributed by atoms with Gasteiger partial charge in [-0.1, -0.05) is 30.3 Å². The molecule has 1 aromatic carbocycles. The van der Waals surface area contributed by atoms with Gasteiger partial charge in [0.2, 0.25) is 0 Å². The summed E-state index contributed by atoms with van der Waals surface area (Å²) in [4.78, 5) is 23.1. The molecule has 0 saturated carbocycles. The molecular formula is C12H11ClO4. The van der Waals surface area contributed by atoms with Crippen molar-refractivity contribution in [2.75, 3.05) is 13.7 Å². The first-order chi connectivity index (χ1) is 8.06. The van der Waals surface area contributed by atoms with Crippen molar-refractivity contribution in [1.82, 2.24) is 0 Å². The molecule has 0 amide bonds. The predicted octanol–water partition coefficient (Wildman–Crippen LogP) is 2.38. The van der Waals surface area contributed by atoms with Crippen LogP contribution in [0, 0.1) is 0 Å². The molecule has 0 spiro atoms. The van der Waals surface area contributed by atoms with Gasteiger partial charge in [-0.3, -0.25) is 0 Å². The van der Waals surface area contributed by atoms with E-state index in [1.54, 1.807) is 12.1 Å². The highest BCUT2D eigenvalue weighted by Gasteiger charge is 2.17. The van der Waals surface area contributed by atoms with Gasteiger partial charge in [-0.05, 0) is 12.1 Å². The lowest BCUT2D eigenvalue weighted by atomic mass is 10.1. The highest BCUT2D eigenvalue weighted by atomic mass is 35.5. The van der Waals surface area contributed by atoms with Crippen molar-refractivity contribution in [2.45, 2.75) is 0 Å². The molecule has 5 heteroatoms. The number of carbonyl (C=O) groups is 2. The lowest BCUT2D eigenvalue weighted by molar-refractivity contribution is 0.0520. The van der Waals surface area contributed by atoms with Gasteiger partial charge >= 0.3 is 11.9 Å². The first-order valence-corrected chi connectivity index (χ1v) is 5.11. The second kappa shape index (κ2) is 6.06. The van der Waals surface area contributed by atoms with Crippen LogP contribution in [0.2, 0.25) is 0 Å². The van der Waals surface area contributed by atoms with Gasteiger partial charge in [0, 0.05) is 5.03 Å². The SMILES string of the molecule is C=C(Cl)COC(=O)c1ccccc1C(=O)OC. The molecule has 0 unspecified atom stereocenters. The van der Waals surface area contributed by atoms with E-state index in [-0.39, 0.29) is 22.8 Å². The van der Waals surface area contributed by atoms with Crippen molar-refractivity contribution >= 4 is 23.5 Å². The number of ether oxygens (including phenoxy) is 2. The van der Waals surface area contributed by atoms with E-state index in [0.717, 1.165) is 0 Å². The van der Waals surface area contributed by atoms with Crippen LogP contribution in [0.5, 0.6) is 0 Å². The summed E-state index contributed by atoms with van der Waals surface area (Å²) in [6.07, 6.45) is 0. The number of hydrogen-bond acceptors (Lipinski definition) is 4. The zero-order valence-corrected chi connectivity index (χ0v) is 9.99. The monoisotopic (exact) mass is 254 g/mol. The average molecular weight is 255 g/mol. The Bertz CT molecular complexity index is 454. The first kappa shape index (κ1) is 13.3. The summed E-state index contributed by atoms with van der Waals surface area (Å²) in [6, 6.07) is 6.21. The predicted molar refractivity (Wildman–Crippen MR) is 63.1 cm³/mol. The van der Waals surface area contributed by atoms with Crippen LogP contribution in [0.25, 0.3) is 0 Å². The Morgan fingerprint density at radius 1 is 1.24 bits per heavy atom. The molecule has 90 valence electrons. The quantitative estimate of drug-likeness (QED) is 0.774. The fraction of sp³-hybridized carbons (Fsp3) is 0.167. The van der Waals surface area contributed by atoms with E-state index in [0.29, 0.717) is 0 Å². The van der Waals surface area contributed by atoms with E-state index in [9.17, 15) is 9.59 Å². The van der Waals surface area contributed by atoms with E-state index in [2.05, 4.69) is 11.3 Å². The molecule has 0 aromatic heterocycles. The summed E-state index contributed by atoms with van der Waals surface area (Å²) in [5.74, 6) is -1.24. The van der Waals surface area contributed by atoms with Gasteiger partial charge in [-0.2, -0.15) is 0 Å². The molecule has 0 radical (unpaired) electrons. The van der Waals surface area contributed by atoms with Crippen molar-refractivity contribution in [3.8, 4) is 0 Å². The van der Waals surface area contributed by atoms with Gasteiger partial charge in [0.1, 0.15) is 6.61 Å². The van der Waals surface area contributed by atoms with Crippen LogP contribution in [-0.2, 0) is 9.47 Å². The minimum absolute atomic E-state index is 0.101. The molecule has 0 fully saturated rings. The third-order valence-electron chi connectivity index (χ3n) is 1.91. The van der Waals surface area contributed by atoms with Crippen LogP contribution in [0.1, 0.15) is 20.7 Å². The van der Waals surface area contributed by atoms with E-state index in [1.807, 2.05) is 0 Å². The van der Waals surface area contributed by atoms with Gasteiger partial charge in [0.05, 0.1) is 18.2 Å². The highest BCUT2D eigenvalue weighted by molar-refractivity contribution is 6.29. The fourth-order valence-corrected chi connectivity index (χ4v) is 1.23. The van der Waals surface area contributed by atoms with Gasteiger partial charge in [0.25, 0.3) is 0 Å². The summed E-state index contributed by atoms with van der Waals surface area (Å²) in [5.41, 5.74) is 0.289. The Morgan fingerprint density at radius 3 is 2.24 bits per heavy atom. The van der Waals surface area contributed by atoms with Crippen LogP contribution >= 0.6 is 11.6 Å². The Hall–Kier alpha value is -1.81. The number of esters is 2. The minimum Gasteiger partial charge on any atom is -0.465 e. The molecule has 0 aliphatic rings. The molecule has 0 bridgehead atoms. The van der Waals surface area contributed by atoms with Crippen molar-refractivity contribution in [1.29, 1.82) is 0 Å². The van der Waals surface area contributed by atoms with Crippen LogP contribution in [0.4, 0.5) is 0 Å². The smallest absolute Gasteiger partial charge is 0.339 e. The Balaban J connectivity index is 2.93.